The van der Waals surface area contributed by atoms with Gasteiger partial charge in [-0.2, -0.15) is 0 Å². The van der Waals surface area contributed by atoms with Gasteiger partial charge in [0.25, 0.3) is 0 Å². The minimum atomic E-state index is -4.01. The van der Waals surface area contributed by atoms with E-state index in [4.69, 9.17) is 102 Å². The zero-order valence-electron chi connectivity index (χ0n) is 122. The van der Waals surface area contributed by atoms with E-state index in [-0.39, 0.29) is 89.4 Å². The predicted molar refractivity (Wildman–Crippen MR) is 535 cm³/mol. The van der Waals surface area contributed by atoms with Gasteiger partial charge in [-0.1, -0.05) is 284 Å². The van der Waals surface area contributed by atoms with E-state index >= 15 is 0 Å². The van der Waals surface area contributed by atoms with Gasteiger partial charge >= 0.3 is 47.5 Å². The Kier molecular flexibility index (Phi) is 27.2. The first-order chi connectivity index (χ1) is 80.6. The van der Waals surface area contributed by atoms with Crippen molar-refractivity contribution in [3.63, 3.8) is 0 Å². The number of nitrogens with zero attached hydrogens (tertiary/aromatic N) is 11. The van der Waals surface area contributed by atoms with Gasteiger partial charge in [0.05, 0.1) is 85.4 Å². The van der Waals surface area contributed by atoms with Crippen molar-refractivity contribution < 1.29 is 149 Å². The number of alkyl halides is 1. The fourth-order valence-corrected chi connectivity index (χ4v) is 11.0. The first-order valence-electron chi connectivity index (χ1n) is 63.3. The summed E-state index contributed by atoms with van der Waals surface area (Å²) in [5.41, 5.74) is 6.78. The molecule has 0 aliphatic carbocycles. The van der Waals surface area contributed by atoms with Crippen LogP contribution in [0.2, 0.25) is 5.15 Å². The number of aliphatic hydroxyl groups is 2. The molecule has 8 aromatic carbocycles. The molecule has 0 spiro atoms. The van der Waals surface area contributed by atoms with Crippen LogP contribution in [0.4, 0.5) is 17.5 Å². The number of aliphatic carboxylic acids is 1. The van der Waals surface area contributed by atoms with Crippen LogP contribution < -0.4 is 49.6 Å². The van der Waals surface area contributed by atoms with E-state index < -0.39 is 203 Å². The van der Waals surface area contributed by atoms with Crippen LogP contribution in [-0.2, 0) is 33.3 Å². The summed E-state index contributed by atoms with van der Waals surface area (Å²) < 4.78 is 405. The Morgan fingerprint density at radius 2 is 0.682 bits per heavy atom. The summed E-state index contributed by atoms with van der Waals surface area (Å²) in [5.74, 6) is -4.94. The Balaban J connectivity index is 0.000000396. The number of carboxylic acids is 1. The van der Waals surface area contributed by atoms with Gasteiger partial charge in [-0.15, -0.1) is 0 Å². The molecule has 698 valence electrons. The third-order valence-corrected chi connectivity index (χ3v) is 16.5. The molecule has 0 aliphatic heterocycles. The van der Waals surface area contributed by atoms with Crippen LogP contribution in [0.1, 0.15) is 213 Å². The van der Waals surface area contributed by atoms with Crippen molar-refractivity contribution in [3.05, 3.63) is 273 Å². The fraction of sp³-hybridized carbons (Fsp3) is 0.368. The van der Waals surface area contributed by atoms with Crippen LogP contribution in [0.15, 0.2) is 267 Å². The van der Waals surface area contributed by atoms with E-state index in [1.807, 2.05) is 81.4 Å². The number of carbonyl (C=O) groups excluding carboxylic acids is 2. The molecule has 0 fully saturated rings. The molecule has 0 aliphatic rings. The van der Waals surface area contributed by atoms with Crippen molar-refractivity contribution in [1.29, 1.82) is 0 Å². The molecule has 12 aromatic rings. The van der Waals surface area contributed by atoms with Crippen molar-refractivity contribution in [3.8, 4) is 90.1 Å². The third kappa shape index (κ3) is 40.9. The van der Waals surface area contributed by atoms with Crippen molar-refractivity contribution in [2.45, 2.75) is 183 Å². The van der Waals surface area contributed by atoms with Crippen LogP contribution in [-0.4, -0.2) is 185 Å². The zero-order chi connectivity index (χ0) is 136. The van der Waals surface area contributed by atoms with E-state index in [9.17, 15) is 19.5 Å². The van der Waals surface area contributed by atoms with Crippen LogP contribution in [0.3, 0.4) is 0 Å². The maximum atomic E-state index is 12.2. The fourth-order valence-electron chi connectivity index (χ4n) is 10.7. The van der Waals surface area contributed by atoms with E-state index in [1.54, 1.807) is 188 Å². The van der Waals surface area contributed by atoms with Gasteiger partial charge in [0.15, 0.2) is 0 Å². The van der Waals surface area contributed by atoms with Crippen LogP contribution in [0, 0.1) is 0 Å². The summed E-state index contributed by atoms with van der Waals surface area (Å²) in [6.45, 7) is -32.3. The second kappa shape index (κ2) is 61.3. The Morgan fingerprint density at radius 3 is 0.955 bits per heavy atom. The molecular weight excluding hydrogens is 1760 g/mol. The van der Waals surface area contributed by atoms with Crippen molar-refractivity contribution in [2.75, 3.05) is 85.5 Å². The summed E-state index contributed by atoms with van der Waals surface area (Å²) in [7, 11) is 0. The Bertz CT molecular complexity index is 7550. The van der Waals surface area contributed by atoms with Gasteiger partial charge < -0.3 is 59.8 Å². The summed E-state index contributed by atoms with van der Waals surface area (Å²) in [6, 6.07) is 59.7. The molecule has 4 unspecified atom stereocenters. The smallest absolute Gasteiger partial charge is 0.870 e. The molecule has 4 heterocycles. The van der Waals surface area contributed by atoms with Gasteiger partial charge in [-0.25, -0.2) is 29.5 Å². The average Bonchev–Trinajstić information content (AvgIpc) is 0.702. The summed E-state index contributed by atoms with van der Waals surface area (Å²) in [4.78, 5) is 69.4. The topological polar surface area (TPSA) is 304 Å². The quantitative estimate of drug-likeness (QED) is 0.0159. The first-order valence-corrected chi connectivity index (χ1v) is 40.8. The van der Waals surface area contributed by atoms with E-state index in [0.29, 0.717) is 49.9 Å². The van der Waals surface area contributed by atoms with Gasteiger partial charge in [0.2, 0.25) is 0 Å². The number of hydrogen-bond acceptors (Lipinski definition) is 22. The standard InChI is InChI=1S/C29H37N3O3.C25H29N3O3.C23H27N3O.C16H11ClN2.C7H17NO.C6H11BrO2.Na.H2O/c1-22(2)32(18-12-13-19-34-21-26(33)35-29(3,4)5)25-20-30-27(23-14-8-6-9-15-23)28(31-25)24-16-10-7-11-17-24;1-19(2)28(15-9-10-16-31-18-23(29)30)22-17-26-24(20-11-5-3-6-12-20)25(27-22)21-13-7-4-8-14-21;1-18(2)26(15-9-10-16-27)21-17-24-22(19-11-5-3-6-12-19)23(25-21)20-13-7-4-8-14-20;17-14-11-18-15(12-7-3-1-4-8-12)16(19-14)13-9-5-2-6-10-13;1-7(2)8-5-3-4-6-9;1-6(2,3)9-5(8)4-7;;/h6-11,14-17,20,22H,12-13,18-19,21H2,1-5H3;3-8,11-14,17,19H,9-10,15-16,18H2,1-2H3,(H,29,30);3-8,11-14,17-18,27H,9-10,15-16H2,1-2H3;1-11H;7-9H,3-6H2,1-2H3;4H2,1-3H3;;1H2/q;;;;;;+1;/p-1/i1D3,12D2,13D2,18D2,19D2,22D;1D3,9D2,10D2,15D2,16D2,19D;1D3,9D2,10D2,15D2,16D2,18D;;1D3,3D2,4D2,5D2,6D2,7D;;;. The molecule has 4 atom stereocenters. The third-order valence-electron chi connectivity index (χ3n) is 15.9. The monoisotopic (exact) mass is 1940 g/mol. The predicted octanol–water partition coefficient (Wildman–Crippen LogP) is 19.6. The number of carboxylic acid groups (broad SMARTS) is 1. The van der Waals surface area contributed by atoms with E-state index in [2.05, 4.69) is 60.5 Å². The molecule has 0 saturated carbocycles. The minimum Gasteiger partial charge on any atom is -0.870 e. The number of ether oxygens (including phenoxy) is 4. The maximum Gasteiger partial charge on any atom is 1.00 e. The van der Waals surface area contributed by atoms with Crippen LogP contribution >= 0.6 is 27.5 Å². The molecule has 132 heavy (non-hydrogen) atoms. The number of anilines is 3. The molecule has 5 N–H and O–H groups in total. The summed E-state index contributed by atoms with van der Waals surface area (Å²) >= 11 is 8.97. The van der Waals surface area contributed by atoms with Crippen molar-refractivity contribution in [1.82, 2.24) is 45.2 Å². The number of aromatic nitrogens is 8. The molecule has 0 saturated heterocycles. The van der Waals surface area contributed by atoms with E-state index in [0.717, 1.165) is 68.8 Å². The Hall–Kier alpha value is -10.6. The first kappa shape index (κ1) is 58.5. The normalized spacial score (nSPS) is 20.1. The number of hydrogen-bond donors (Lipinski definition) is 4. The molecule has 26 heteroatoms. The van der Waals surface area contributed by atoms with Gasteiger partial charge in [-0.05, 0) is 140 Å². The molecule has 4 aromatic heterocycles. The van der Waals surface area contributed by atoms with Crippen molar-refractivity contribution in [2.24, 2.45) is 0 Å². The molecule has 0 amide bonds. The number of carbonyl (C=O) groups is 3. The molecule has 23 nitrogen and oxygen atoms in total. The molecular formula is C106H133BrClN12NaO11. The number of nitrogens with one attached hydrogen (secondary N) is 1. The largest absolute Gasteiger partial charge is 1.00 e. The Morgan fingerprint density at radius 1 is 0.409 bits per heavy atom. The number of halogens is 2. The average molecular weight is 1940 g/mol. The minimum absolute atomic E-state index is 0. The molecule has 12 rings (SSSR count). The van der Waals surface area contributed by atoms with Crippen LogP contribution in [0.5, 0.6) is 0 Å². The number of esters is 2. The summed E-state index contributed by atoms with van der Waals surface area (Å²) in [5, 5.41) is 29.9. The van der Waals surface area contributed by atoms with Crippen LogP contribution in [0.25, 0.3) is 90.1 Å². The number of benzene rings is 8. The maximum absolute atomic E-state index is 12.2. The van der Waals surface area contributed by atoms with Crippen molar-refractivity contribution >= 4 is 62.9 Å². The SMILES string of the molecule is CC(C)(C)OC(=O)CBr.Clc1cnc(-c2ccccc2)c(-c2ccccc2)n1.[2H]C([2H])([2H])C([2H])(C)N(c1cnc(-c2ccccc2)c(-c2ccccc2)n1)C([2H])([2H])C([2H])([2H])C([2H])([2H])C([2H])([2H])O.[2H]C([2H])([2H])C([2H])(C)N(c1cnc(-c2ccccc2)c(-c2ccccc2)n1)C([2H])([2H])C([2H])([2H])C([2H])([2H])C([2H])([2H])OCC(=O)O.[2H]C([2H])([2H])C([2H])(C)N(c1cnc(-c2ccccc2)c(-c2ccccc2)n1)C([2H])([2H])C([2H])([2H])C([2H])([2H])C([2H])([2H])OCC(=O)OC(C)(C)C.[2H]C([2H])([2H])C([2H])(C)NC([2H])([2H])C([2H])([2H])C([2H])([2H])C([2H])([2H])O.[Na+].[OH-]. The number of rotatable bonds is 38. The molecule has 0 radical (unpaired) electrons. The molecule has 0 bridgehead atoms. The Labute approximate surface area is 885 Å². The van der Waals surface area contributed by atoms with E-state index in [1.165, 1.54) is 26.1 Å². The second-order valence-electron chi connectivity index (χ2n) is 28.3. The second-order valence-corrected chi connectivity index (χ2v) is 29.2. The zero-order valence-corrected chi connectivity index (χ0v) is 78.2. The van der Waals surface area contributed by atoms with Gasteiger partial charge in [0, 0.05) is 165 Å². The van der Waals surface area contributed by atoms with Gasteiger partial charge in [-0.3, -0.25) is 24.7 Å². The van der Waals surface area contributed by atoms with Gasteiger partial charge in [0.1, 0.15) is 52.4 Å². The summed E-state index contributed by atoms with van der Waals surface area (Å²) in [6.07, 6.45) is -26.7.